The van der Waals surface area contributed by atoms with Gasteiger partial charge in [0, 0.05) is 0 Å². The molecule has 0 unspecified atom stereocenters. The predicted molar refractivity (Wildman–Crippen MR) is 54.5 cm³/mol. The summed E-state index contributed by atoms with van der Waals surface area (Å²) in [6.45, 7) is 0.866. The SMILES string of the molecule is C[C@H](N=C[C@@]1(O)OC[C@@H](O)[C@@H](O)[C@@H]1O)C(=O)O. The number of aliphatic imine (C=N–C) groups is 1. The van der Waals surface area contributed by atoms with E-state index in [0.717, 1.165) is 0 Å². The number of aliphatic hydroxyl groups is 4. The van der Waals surface area contributed by atoms with Gasteiger partial charge in [0.25, 0.3) is 0 Å². The van der Waals surface area contributed by atoms with Crippen LogP contribution in [0.1, 0.15) is 6.92 Å². The summed E-state index contributed by atoms with van der Waals surface area (Å²) in [6, 6.07) is -1.13. The second-order valence-electron chi connectivity index (χ2n) is 3.86. The molecule has 0 amide bonds. The summed E-state index contributed by atoms with van der Waals surface area (Å²) in [4.78, 5) is 14.0. The molecule has 0 aliphatic carbocycles. The third-order valence-electron chi connectivity index (χ3n) is 2.47. The number of carboxylic acid groups (broad SMARTS) is 1. The molecular weight excluding hydrogens is 234 g/mol. The van der Waals surface area contributed by atoms with Crippen LogP contribution in [-0.2, 0) is 9.53 Å². The molecule has 5 atom stereocenters. The molecule has 1 aliphatic heterocycles. The summed E-state index contributed by atoms with van der Waals surface area (Å²) in [5.74, 6) is -3.52. The van der Waals surface area contributed by atoms with Gasteiger partial charge < -0.3 is 30.3 Å². The second-order valence-corrected chi connectivity index (χ2v) is 3.86. The molecule has 1 fully saturated rings. The molecule has 8 nitrogen and oxygen atoms in total. The van der Waals surface area contributed by atoms with Crippen molar-refractivity contribution in [3.8, 4) is 0 Å². The predicted octanol–water partition coefficient (Wildman–Crippen LogP) is -2.67. The fourth-order valence-electron chi connectivity index (χ4n) is 1.25. The van der Waals surface area contributed by atoms with E-state index in [2.05, 4.69) is 4.99 Å². The molecule has 0 radical (unpaired) electrons. The lowest BCUT2D eigenvalue weighted by Gasteiger charge is -2.39. The highest BCUT2D eigenvalue weighted by Gasteiger charge is 2.47. The molecule has 0 saturated carbocycles. The van der Waals surface area contributed by atoms with Crippen molar-refractivity contribution in [3.05, 3.63) is 0 Å². The lowest BCUT2D eigenvalue weighted by Crippen LogP contribution is -2.61. The highest BCUT2D eigenvalue weighted by Crippen LogP contribution is 2.22. The summed E-state index contributed by atoms with van der Waals surface area (Å²) in [6.07, 6.45) is -4.02. The fraction of sp³-hybridized carbons (Fsp3) is 0.778. The normalized spacial score (nSPS) is 40.4. The van der Waals surface area contributed by atoms with Crippen molar-refractivity contribution in [3.63, 3.8) is 0 Å². The molecule has 1 aliphatic rings. The number of aliphatic carboxylic acids is 1. The zero-order chi connectivity index (χ0) is 13.2. The minimum absolute atomic E-state index is 0.401. The summed E-state index contributed by atoms with van der Waals surface area (Å²) < 4.78 is 4.74. The topological polar surface area (TPSA) is 140 Å². The van der Waals surface area contributed by atoms with Crippen LogP contribution in [0.25, 0.3) is 0 Å². The first kappa shape index (κ1) is 14.0. The van der Waals surface area contributed by atoms with Crippen molar-refractivity contribution in [2.75, 3.05) is 6.61 Å². The molecule has 8 heteroatoms. The number of hydrogen-bond donors (Lipinski definition) is 5. The van der Waals surface area contributed by atoms with Crippen LogP contribution in [0.5, 0.6) is 0 Å². The Bertz CT molecular complexity index is 320. The number of nitrogens with zero attached hydrogens (tertiary/aromatic N) is 1. The van der Waals surface area contributed by atoms with Gasteiger partial charge in [-0.3, -0.25) is 4.99 Å². The average Bonchev–Trinajstić information content (AvgIpc) is 2.29. The minimum atomic E-state index is -2.30. The smallest absolute Gasteiger partial charge is 0.328 e. The van der Waals surface area contributed by atoms with Crippen LogP contribution in [0.2, 0.25) is 0 Å². The maximum Gasteiger partial charge on any atom is 0.328 e. The number of hydrogen-bond acceptors (Lipinski definition) is 7. The van der Waals surface area contributed by atoms with Crippen molar-refractivity contribution in [1.82, 2.24) is 0 Å². The molecule has 1 heterocycles. The van der Waals surface area contributed by atoms with E-state index >= 15 is 0 Å². The van der Waals surface area contributed by atoms with E-state index in [1.807, 2.05) is 0 Å². The minimum Gasteiger partial charge on any atom is -0.480 e. The fourth-order valence-corrected chi connectivity index (χ4v) is 1.25. The molecule has 98 valence electrons. The standard InChI is InChI=1S/C9H15NO7/c1-4(8(14)15)10-3-9(16)7(13)6(12)5(11)2-17-9/h3-7,11-13,16H,2H2,1H3,(H,14,15)/t4-,5+,6+,7-,9+/m0/s1. The second kappa shape index (κ2) is 5.07. The molecule has 0 aromatic heterocycles. The van der Waals surface area contributed by atoms with Crippen LogP contribution in [-0.4, -0.2) is 74.5 Å². The van der Waals surface area contributed by atoms with E-state index in [0.29, 0.717) is 6.21 Å². The number of ether oxygens (including phenoxy) is 1. The van der Waals surface area contributed by atoms with Crippen molar-refractivity contribution in [1.29, 1.82) is 0 Å². The van der Waals surface area contributed by atoms with Gasteiger partial charge in [-0.25, -0.2) is 4.79 Å². The number of carbonyl (C=O) groups is 1. The van der Waals surface area contributed by atoms with E-state index in [9.17, 15) is 20.1 Å². The molecule has 1 rings (SSSR count). The summed E-state index contributed by atoms with van der Waals surface area (Å²) in [5, 5.41) is 46.3. The lowest BCUT2D eigenvalue weighted by molar-refractivity contribution is -0.283. The summed E-state index contributed by atoms with van der Waals surface area (Å²) >= 11 is 0. The Balaban J connectivity index is 2.78. The van der Waals surface area contributed by atoms with Gasteiger partial charge in [0.05, 0.1) is 12.8 Å². The maximum atomic E-state index is 10.5. The highest BCUT2D eigenvalue weighted by molar-refractivity contribution is 5.77. The van der Waals surface area contributed by atoms with Gasteiger partial charge in [0.15, 0.2) is 0 Å². The Morgan fingerprint density at radius 2 is 2.12 bits per heavy atom. The van der Waals surface area contributed by atoms with Gasteiger partial charge in [-0.15, -0.1) is 0 Å². The third kappa shape index (κ3) is 2.99. The summed E-state index contributed by atoms with van der Waals surface area (Å²) in [5.41, 5.74) is 0. The van der Waals surface area contributed by atoms with Gasteiger partial charge in [0.1, 0.15) is 24.4 Å². The third-order valence-corrected chi connectivity index (χ3v) is 2.47. The van der Waals surface area contributed by atoms with E-state index in [4.69, 9.17) is 14.9 Å². The van der Waals surface area contributed by atoms with Gasteiger partial charge in [-0.2, -0.15) is 0 Å². The largest absolute Gasteiger partial charge is 0.480 e. The number of rotatable bonds is 3. The Morgan fingerprint density at radius 1 is 1.53 bits per heavy atom. The zero-order valence-corrected chi connectivity index (χ0v) is 9.09. The van der Waals surface area contributed by atoms with Crippen LogP contribution in [0.3, 0.4) is 0 Å². The molecule has 1 saturated heterocycles. The van der Waals surface area contributed by atoms with Gasteiger partial charge >= 0.3 is 5.97 Å². The molecule has 0 aromatic rings. The number of aliphatic hydroxyl groups excluding tert-OH is 3. The Labute approximate surface area is 96.8 Å². The first-order chi connectivity index (χ1) is 7.78. The van der Waals surface area contributed by atoms with Crippen LogP contribution < -0.4 is 0 Å². The Kier molecular flexibility index (Phi) is 4.17. The molecule has 0 spiro atoms. The molecular formula is C9H15NO7. The first-order valence-corrected chi connectivity index (χ1v) is 4.95. The van der Waals surface area contributed by atoms with Crippen LogP contribution in [0.4, 0.5) is 0 Å². The zero-order valence-electron chi connectivity index (χ0n) is 9.09. The van der Waals surface area contributed by atoms with E-state index in [-0.39, 0.29) is 0 Å². The van der Waals surface area contributed by atoms with Crippen molar-refractivity contribution >= 4 is 12.2 Å². The summed E-state index contributed by atoms with van der Waals surface area (Å²) in [7, 11) is 0. The van der Waals surface area contributed by atoms with E-state index in [1.54, 1.807) is 0 Å². The first-order valence-electron chi connectivity index (χ1n) is 4.95. The van der Waals surface area contributed by atoms with Crippen molar-refractivity contribution in [2.45, 2.75) is 37.1 Å². The average molecular weight is 249 g/mol. The van der Waals surface area contributed by atoms with Crippen molar-refractivity contribution in [2.24, 2.45) is 4.99 Å². The molecule has 0 bridgehead atoms. The molecule has 0 aromatic carbocycles. The maximum absolute atomic E-state index is 10.5. The quantitative estimate of drug-likeness (QED) is 0.344. The van der Waals surface area contributed by atoms with E-state index < -0.39 is 42.7 Å². The van der Waals surface area contributed by atoms with Gasteiger partial charge in [-0.1, -0.05) is 0 Å². The Morgan fingerprint density at radius 3 is 2.65 bits per heavy atom. The van der Waals surface area contributed by atoms with Crippen LogP contribution in [0, 0.1) is 0 Å². The number of carboxylic acids is 1. The monoisotopic (exact) mass is 249 g/mol. The highest BCUT2D eigenvalue weighted by atomic mass is 16.6. The lowest BCUT2D eigenvalue weighted by atomic mass is 9.98. The Hall–Kier alpha value is -1.06. The van der Waals surface area contributed by atoms with Gasteiger partial charge in [-0.05, 0) is 6.92 Å². The van der Waals surface area contributed by atoms with Crippen LogP contribution >= 0.6 is 0 Å². The molecule has 5 N–H and O–H groups in total. The van der Waals surface area contributed by atoms with Gasteiger partial charge in [0.2, 0.25) is 5.79 Å². The van der Waals surface area contributed by atoms with E-state index in [1.165, 1.54) is 6.92 Å². The van der Waals surface area contributed by atoms with Crippen LogP contribution in [0.15, 0.2) is 4.99 Å². The molecule has 17 heavy (non-hydrogen) atoms. The van der Waals surface area contributed by atoms with Crippen molar-refractivity contribution < 1.29 is 35.1 Å².